The summed E-state index contributed by atoms with van der Waals surface area (Å²) in [7, 11) is 0. The van der Waals surface area contributed by atoms with E-state index < -0.39 is 0 Å². The van der Waals surface area contributed by atoms with Gasteiger partial charge in [0.15, 0.2) is 11.0 Å². The normalized spacial score (nSPS) is 11.2. The Bertz CT molecular complexity index is 1620. The fourth-order valence-corrected chi connectivity index (χ4v) is 5.96. The van der Waals surface area contributed by atoms with E-state index in [2.05, 4.69) is 67.1 Å². The Kier molecular flexibility index (Phi) is 8.62. The summed E-state index contributed by atoms with van der Waals surface area (Å²) in [6, 6.07) is 22.1. The van der Waals surface area contributed by atoms with Crippen LogP contribution in [0.3, 0.4) is 0 Å². The number of rotatable bonds is 11. The van der Waals surface area contributed by atoms with Gasteiger partial charge in [0.2, 0.25) is 5.91 Å². The summed E-state index contributed by atoms with van der Waals surface area (Å²) < 4.78 is 9.03. The number of nitrogens with one attached hydrogen (secondary N) is 1. The third-order valence-electron chi connectivity index (χ3n) is 6.31. The molecule has 40 heavy (non-hydrogen) atoms. The summed E-state index contributed by atoms with van der Waals surface area (Å²) >= 11 is 3.00. The van der Waals surface area contributed by atoms with Crippen LogP contribution in [0.4, 0.5) is 5.69 Å². The molecule has 7 nitrogen and oxygen atoms in total. The SMILES string of the molecule is C=CCn1c(COc2ccc(C(C)C)cc2)nnc1SCC(=O)Nc1ccc(-c2nc3ccc(C)cc3s2)cc1. The molecule has 0 atom stereocenters. The van der Waals surface area contributed by atoms with Crippen molar-refractivity contribution in [2.75, 3.05) is 11.1 Å². The molecule has 0 fully saturated rings. The number of carbonyl (C=O) groups excluding carboxylic acids is 1. The van der Waals surface area contributed by atoms with Crippen molar-refractivity contribution in [2.24, 2.45) is 0 Å². The molecule has 0 saturated carbocycles. The largest absolute Gasteiger partial charge is 0.486 e. The van der Waals surface area contributed by atoms with Crippen LogP contribution in [0.2, 0.25) is 0 Å². The van der Waals surface area contributed by atoms with Gasteiger partial charge in [-0.25, -0.2) is 4.98 Å². The van der Waals surface area contributed by atoms with E-state index in [-0.39, 0.29) is 18.3 Å². The number of ether oxygens (including phenoxy) is 1. The fraction of sp³-hybridized carbons (Fsp3) is 0.226. The quantitative estimate of drug-likeness (QED) is 0.131. The van der Waals surface area contributed by atoms with Crippen LogP contribution in [0.25, 0.3) is 20.8 Å². The Morgan fingerprint density at radius 1 is 1.10 bits per heavy atom. The highest BCUT2D eigenvalue weighted by Crippen LogP contribution is 2.31. The highest BCUT2D eigenvalue weighted by atomic mass is 32.2. The van der Waals surface area contributed by atoms with Crippen LogP contribution >= 0.6 is 23.1 Å². The van der Waals surface area contributed by atoms with Gasteiger partial charge in [-0.1, -0.05) is 49.9 Å². The zero-order chi connectivity index (χ0) is 28.1. The van der Waals surface area contributed by atoms with Crippen molar-refractivity contribution < 1.29 is 9.53 Å². The van der Waals surface area contributed by atoms with Crippen LogP contribution < -0.4 is 10.1 Å². The minimum absolute atomic E-state index is 0.121. The molecular weight excluding hydrogens is 539 g/mol. The van der Waals surface area contributed by atoms with Crippen molar-refractivity contribution in [1.29, 1.82) is 0 Å². The standard InChI is InChI=1S/C31H31N5O2S2/c1-5-16-36-28(18-38-25-13-9-22(10-14-25)20(2)3)34-35-31(36)39-19-29(37)32-24-11-7-23(8-12-24)30-33-26-15-6-21(4)17-27(26)40-30/h5-15,17,20H,1,16,18-19H2,2-4H3,(H,32,37). The van der Waals surface area contributed by atoms with Gasteiger partial charge in [-0.05, 0) is 72.5 Å². The Morgan fingerprint density at radius 3 is 2.60 bits per heavy atom. The van der Waals surface area contributed by atoms with Gasteiger partial charge in [0.1, 0.15) is 17.4 Å². The predicted octanol–water partition coefficient (Wildman–Crippen LogP) is 7.48. The van der Waals surface area contributed by atoms with E-state index >= 15 is 0 Å². The molecule has 0 aliphatic heterocycles. The molecule has 0 radical (unpaired) electrons. The molecule has 204 valence electrons. The fourth-order valence-electron chi connectivity index (χ4n) is 4.12. The second-order valence-electron chi connectivity index (χ2n) is 9.71. The van der Waals surface area contributed by atoms with Crippen molar-refractivity contribution in [3.8, 4) is 16.3 Å². The molecule has 3 aromatic carbocycles. The third-order valence-corrected chi connectivity index (χ3v) is 8.35. The molecular formula is C31H31N5O2S2. The first kappa shape index (κ1) is 27.6. The van der Waals surface area contributed by atoms with E-state index in [1.807, 2.05) is 47.0 Å². The summed E-state index contributed by atoms with van der Waals surface area (Å²) in [6.45, 7) is 11.0. The molecule has 0 bridgehead atoms. The minimum Gasteiger partial charge on any atom is -0.486 e. The van der Waals surface area contributed by atoms with E-state index in [1.54, 1.807) is 17.4 Å². The average Bonchev–Trinajstić information content (AvgIpc) is 3.55. The maximum absolute atomic E-state index is 12.7. The lowest BCUT2D eigenvalue weighted by molar-refractivity contribution is -0.113. The van der Waals surface area contributed by atoms with E-state index in [0.29, 0.717) is 23.4 Å². The number of thiazole rings is 1. The molecule has 2 aromatic heterocycles. The molecule has 5 rings (SSSR count). The monoisotopic (exact) mass is 569 g/mol. The Hall–Kier alpha value is -3.95. The second kappa shape index (κ2) is 12.5. The van der Waals surface area contributed by atoms with Crippen LogP contribution in [-0.2, 0) is 17.9 Å². The molecule has 1 N–H and O–H groups in total. The molecule has 0 aliphatic rings. The van der Waals surface area contributed by atoms with Crippen LogP contribution in [0, 0.1) is 6.92 Å². The molecule has 9 heteroatoms. The number of nitrogens with zero attached hydrogens (tertiary/aromatic N) is 4. The first-order valence-corrected chi connectivity index (χ1v) is 14.9. The van der Waals surface area contributed by atoms with Crippen LogP contribution in [0.1, 0.15) is 36.7 Å². The van der Waals surface area contributed by atoms with Crippen molar-refractivity contribution in [2.45, 2.75) is 45.0 Å². The summed E-state index contributed by atoms with van der Waals surface area (Å²) in [5.74, 6) is 2.00. The van der Waals surface area contributed by atoms with Gasteiger partial charge in [0.05, 0.1) is 16.0 Å². The lowest BCUT2D eigenvalue weighted by atomic mass is 10.0. The van der Waals surface area contributed by atoms with E-state index in [1.165, 1.54) is 27.6 Å². The molecule has 0 unspecified atom stereocenters. The highest BCUT2D eigenvalue weighted by molar-refractivity contribution is 7.99. The number of hydrogen-bond donors (Lipinski definition) is 1. The highest BCUT2D eigenvalue weighted by Gasteiger charge is 2.15. The predicted molar refractivity (Wildman–Crippen MR) is 164 cm³/mol. The Balaban J connectivity index is 1.17. The number of allylic oxidation sites excluding steroid dienone is 1. The summed E-state index contributed by atoms with van der Waals surface area (Å²) in [5.41, 5.74) is 5.24. The molecule has 0 spiro atoms. The molecule has 1 amide bonds. The lowest BCUT2D eigenvalue weighted by Gasteiger charge is -2.10. The summed E-state index contributed by atoms with van der Waals surface area (Å²) in [4.78, 5) is 17.4. The van der Waals surface area contributed by atoms with Crippen molar-refractivity contribution in [3.05, 3.63) is 96.3 Å². The zero-order valence-electron chi connectivity index (χ0n) is 22.8. The van der Waals surface area contributed by atoms with Crippen LogP contribution in [0.15, 0.2) is 84.5 Å². The second-order valence-corrected chi connectivity index (χ2v) is 11.7. The van der Waals surface area contributed by atoms with Crippen LogP contribution in [0.5, 0.6) is 5.75 Å². The first-order chi connectivity index (χ1) is 19.4. The number of aromatic nitrogens is 4. The van der Waals surface area contributed by atoms with Gasteiger partial charge in [-0.2, -0.15) is 0 Å². The number of carbonyl (C=O) groups is 1. The smallest absolute Gasteiger partial charge is 0.234 e. The van der Waals surface area contributed by atoms with Gasteiger partial charge < -0.3 is 10.1 Å². The first-order valence-electron chi connectivity index (χ1n) is 13.1. The maximum atomic E-state index is 12.7. The van der Waals surface area contributed by atoms with Gasteiger partial charge in [-0.3, -0.25) is 9.36 Å². The van der Waals surface area contributed by atoms with Crippen molar-refractivity contribution >= 4 is 44.9 Å². The number of thioether (sulfide) groups is 1. The number of anilines is 1. The zero-order valence-corrected chi connectivity index (χ0v) is 24.4. The third kappa shape index (κ3) is 6.60. The molecule has 5 aromatic rings. The molecule has 0 saturated heterocycles. The maximum Gasteiger partial charge on any atom is 0.234 e. The number of aryl methyl sites for hydroxylation is 1. The molecule has 2 heterocycles. The van der Waals surface area contributed by atoms with Gasteiger partial charge in [0, 0.05) is 17.8 Å². The number of amides is 1. The minimum atomic E-state index is -0.121. The number of fused-ring (bicyclic) bond motifs is 1. The van der Waals surface area contributed by atoms with Gasteiger partial charge in [0.25, 0.3) is 0 Å². The average molecular weight is 570 g/mol. The summed E-state index contributed by atoms with van der Waals surface area (Å²) in [6.07, 6.45) is 1.78. The van der Waals surface area contributed by atoms with Gasteiger partial charge >= 0.3 is 0 Å². The molecule has 0 aliphatic carbocycles. The van der Waals surface area contributed by atoms with Gasteiger partial charge in [-0.15, -0.1) is 28.1 Å². The number of benzene rings is 3. The lowest BCUT2D eigenvalue weighted by Crippen LogP contribution is -2.15. The summed E-state index contributed by atoms with van der Waals surface area (Å²) in [5, 5.41) is 13.2. The van der Waals surface area contributed by atoms with E-state index in [9.17, 15) is 4.79 Å². The topological polar surface area (TPSA) is 81.9 Å². The van der Waals surface area contributed by atoms with E-state index in [4.69, 9.17) is 9.72 Å². The van der Waals surface area contributed by atoms with Crippen LogP contribution in [-0.4, -0.2) is 31.4 Å². The number of hydrogen-bond acceptors (Lipinski definition) is 7. The van der Waals surface area contributed by atoms with Crippen molar-refractivity contribution in [3.63, 3.8) is 0 Å². The van der Waals surface area contributed by atoms with E-state index in [0.717, 1.165) is 27.5 Å². The van der Waals surface area contributed by atoms with Crippen molar-refractivity contribution in [1.82, 2.24) is 19.7 Å². The Labute approximate surface area is 242 Å². The Morgan fingerprint density at radius 2 is 1.88 bits per heavy atom.